The van der Waals surface area contributed by atoms with Gasteiger partial charge in [0.2, 0.25) is 0 Å². The molecule has 0 saturated heterocycles. The number of aromatic nitrogens is 2. The van der Waals surface area contributed by atoms with Gasteiger partial charge in [-0.3, -0.25) is 4.68 Å². The van der Waals surface area contributed by atoms with Gasteiger partial charge in [0.15, 0.2) is 0 Å². The molecule has 2 atom stereocenters. The number of rotatable bonds is 7. The predicted molar refractivity (Wildman–Crippen MR) is 71.5 cm³/mol. The van der Waals surface area contributed by atoms with Gasteiger partial charge in [0.1, 0.15) is 6.10 Å². The summed E-state index contributed by atoms with van der Waals surface area (Å²) >= 11 is 6.10. The van der Waals surface area contributed by atoms with Crippen LogP contribution < -0.4 is 5.73 Å². The standard InChI is InChI=1S/C12H22ClN3O2/c1-8(2)9(6-14)12(17)11-10(13)7-15-16(11)4-5-18-3/h7-9,12,17H,4-6,14H2,1-3H3. The Bertz CT molecular complexity index is 368. The zero-order valence-corrected chi connectivity index (χ0v) is 11.9. The molecule has 1 rings (SSSR count). The van der Waals surface area contributed by atoms with Crippen LogP contribution in [0.15, 0.2) is 6.20 Å². The lowest BCUT2D eigenvalue weighted by atomic mass is 9.88. The van der Waals surface area contributed by atoms with Crippen molar-refractivity contribution in [3.8, 4) is 0 Å². The van der Waals surface area contributed by atoms with Crippen molar-refractivity contribution in [3.63, 3.8) is 0 Å². The maximum atomic E-state index is 10.4. The van der Waals surface area contributed by atoms with E-state index >= 15 is 0 Å². The minimum Gasteiger partial charge on any atom is -0.386 e. The van der Waals surface area contributed by atoms with E-state index in [0.29, 0.717) is 30.4 Å². The highest BCUT2D eigenvalue weighted by molar-refractivity contribution is 6.31. The molecular formula is C12H22ClN3O2. The molecule has 1 aromatic heterocycles. The van der Waals surface area contributed by atoms with Gasteiger partial charge in [0.25, 0.3) is 0 Å². The van der Waals surface area contributed by atoms with E-state index in [-0.39, 0.29) is 11.8 Å². The first kappa shape index (κ1) is 15.4. The Labute approximate surface area is 113 Å². The molecule has 1 aromatic rings. The number of halogens is 1. The second-order valence-electron chi connectivity index (χ2n) is 4.68. The van der Waals surface area contributed by atoms with E-state index in [1.165, 1.54) is 0 Å². The zero-order valence-electron chi connectivity index (χ0n) is 11.1. The van der Waals surface area contributed by atoms with Crippen molar-refractivity contribution in [2.75, 3.05) is 20.3 Å². The molecule has 0 bridgehead atoms. The van der Waals surface area contributed by atoms with E-state index in [9.17, 15) is 5.11 Å². The normalized spacial score (nSPS) is 15.1. The van der Waals surface area contributed by atoms with Crippen LogP contribution in [0.3, 0.4) is 0 Å². The summed E-state index contributed by atoms with van der Waals surface area (Å²) in [6, 6.07) is 0. The molecule has 3 N–H and O–H groups in total. The fourth-order valence-electron chi connectivity index (χ4n) is 1.99. The van der Waals surface area contributed by atoms with Gasteiger partial charge in [-0.25, -0.2) is 0 Å². The molecule has 0 aliphatic rings. The summed E-state index contributed by atoms with van der Waals surface area (Å²) in [7, 11) is 1.62. The number of ether oxygens (including phenoxy) is 1. The van der Waals surface area contributed by atoms with E-state index in [2.05, 4.69) is 5.10 Å². The maximum absolute atomic E-state index is 10.4. The Hall–Kier alpha value is -0.620. The summed E-state index contributed by atoms with van der Waals surface area (Å²) in [6.07, 6.45) is 0.839. The molecule has 0 aromatic carbocycles. The summed E-state index contributed by atoms with van der Waals surface area (Å²) in [4.78, 5) is 0. The van der Waals surface area contributed by atoms with Crippen molar-refractivity contribution in [2.45, 2.75) is 26.5 Å². The fourth-order valence-corrected chi connectivity index (χ4v) is 2.24. The number of aliphatic hydroxyl groups excluding tert-OH is 1. The largest absolute Gasteiger partial charge is 0.386 e. The number of nitrogens with zero attached hydrogens (tertiary/aromatic N) is 2. The molecule has 0 fully saturated rings. The summed E-state index contributed by atoms with van der Waals surface area (Å²) in [5.74, 6) is 0.229. The van der Waals surface area contributed by atoms with Crippen LogP contribution in [0.2, 0.25) is 5.02 Å². The van der Waals surface area contributed by atoms with Crippen LogP contribution in [0.1, 0.15) is 25.6 Å². The molecular weight excluding hydrogens is 254 g/mol. The molecule has 2 unspecified atom stereocenters. The van der Waals surface area contributed by atoms with E-state index in [4.69, 9.17) is 22.1 Å². The SMILES string of the molecule is COCCn1ncc(Cl)c1C(O)C(CN)C(C)C. The third-order valence-corrected chi connectivity index (χ3v) is 3.45. The van der Waals surface area contributed by atoms with E-state index in [1.807, 2.05) is 13.8 Å². The van der Waals surface area contributed by atoms with Gasteiger partial charge in [0.05, 0.1) is 30.1 Å². The van der Waals surface area contributed by atoms with Crippen molar-refractivity contribution < 1.29 is 9.84 Å². The van der Waals surface area contributed by atoms with Crippen LogP contribution in [0.5, 0.6) is 0 Å². The fraction of sp³-hybridized carbons (Fsp3) is 0.750. The van der Waals surface area contributed by atoms with E-state index in [0.717, 1.165) is 0 Å². The Kier molecular flexibility index (Phi) is 6.08. The first-order valence-corrected chi connectivity index (χ1v) is 6.49. The Morgan fingerprint density at radius 3 is 2.72 bits per heavy atom. The van der Waals surface area contributed by atoms with Crippen molar-refractivity contribution in [1.82, 2.24) is 9.78 Å². The lowest BCUT2D eigenvalue weighted by Crippen LogP contribution is -2.28. The van der Waals surface area contributed by atoms with Crippen molar-refractivity contribution >= 4 is 11.6 Å². The monoisotopic (exact) mass is 275 g/mol. The second-order valence-corrected chi connectivity index (χ2v) is 5.09. The van der Waals surface area contributed by atoms with Gasteiger partial charge >= 0.3 is 0 Å². The van der Waals surface area contributed by atoms with Crippen LogP contribution in [0.25, 0.3) is 0 Å². The summed E-state index contributed by atoms with van der Waals surface area (Å²) in [5.41, 5.74) is 6.35. The molecule has 0 saturated carbocycles. The Morgan fingerprint density at radius 1 is 1.56 bits per heavy atom. The summed E-state index contributed by atoms with van der Waals surface area (Å²) in [6.45, 7) is 5.55. The minimum atomic E-state index is -0.707. The molecule has 0 aliphatic carbocycles. The van der Waals surface area contributed by atoms with E-state index in [1.54, 1.807) is 18.0 Å². The summed E-state index contributed by atoms with van der Waals surface area (Å²) in [5, 5.41) is 15.1. The quantitative estimate of drug-likeness (QED) is 0.790. The molecule has 6 heteroatoms. The van der Waals surface area contributed by atoms with Gasteiger partial charge < -0.3 is 15.6 Å². The first-order valence-electron chi connectivity index (χ1n) is 6.11. The average Bonchev–Trinajstić information content (AvgIpc) is 2.68. The molecule has 0 spiro atoms. The number of nitrogens with two attached hydrogens (primary N) is 1. The Balaban J connectivity index is 2.95. The lowest BCUT2D eigenvalue weighted by Gasteiger charge is -2.25. The highest BCUT2D eigenvalue weighted by atomic mass is 35.5. The molecule has 0 amide bonds. The maximum Gasteiger partial charge on any atom is 0.101 e. The number of aliphatic hydroxyl groups is 1. The van der Waals surface area contributed by atoms with Crippen molar-refractivity contribution in [2.24, 2.45) is 17.6 Å². The van der Waals surface area contributed by atoms with Gasteiger partial charge in [-0.05, 0) is 12.5 Å². The number of hydrogen-bond donors (Lipinski definition) is 2. The Morgan fingerprint density at radius 2 is 2.22 bits per heavy atom. The topological polar surface area (TPSA) is 73.3 Å². The van der Waals surface area contributed by atoms with Crippen molar-refractivity contribution in [1.29, 1.82) is 0 Å². The highest BCUT2D eigenvalue weighted by Gasteiger charge is 2.27. The average molecular weight is 276 g/mol. The van der Waals surface area contributed by atoms with Crippen LogP contribution in [-0.2, 0) is 11.3 Å². The highest BCUT2D eigenvalue weighted by Crippen LogP contribution is 2.31. The smallest absolute Gasteiger partial charge is 0.101 e. The predicted octanol–water partition coefficient (Wildman–Crippen LogP) is 1.45. The van der Waals surface area contributed by atoms with Crippen LogP contribution in [0, 0.1) is 11.8 Å². The molecule has 18 heavy (non-hydrogen) atoms. The van der Waals surface area contributed by atoms with Gasteiger partial charge in [0, 0.05) is 13.0 Å². The lowest BCUT2D eigenvalue weighted by molar-refractivity contribution is 0.0757. The van der Waals surface area contributed by atoms with Crippen LogP contribution in [0.4, 0.5) is 0 Å². The molecule has 0 aliphatic heterocycles. The van der Waals surface area contributed by atoms with Crippen molar-refractivity contribution in [3.05, 3.63) is 16.9 Å². The third-order valence-electron chi connectivity index (χ3n) is 3.15. The zero-order chi connectivity index (χ0) is 13.7. The molecule has 5 nitrogen and oxygen atoms in total. The van der Waals surface area contributed by atoms with Gasteiger partial charge in [-0.2, -0.15) is 5.10 Å². The molecule has 0 radical (unpaired) electrons. The number of hydrogen-bond acceptors (Lipinski definition) is 4. The first-order chi connectivity index (χ1) is 8.52. The molecule has 1 heterocycles. The van der Waals surface area contributed by atoms with Crippen LogP contribution in [-0.4, -0.2) is 35.1 Å². The third kappa shape index (κ3) is 3.45. The second kappa shape index (κ2) is 7.09. The minimum absolute atomic E-state index is 0.0412. The van der Waals surface area contributed by atoms with E-state index < -0.39 is 6.10 Å². The number of methoxy groups -OCH3 is 1. The van der Waals surface area contributed by atoms with Gasteiger partial charge in [-0.1, -0.05) is 25.4 Å². The molecule has 104 valence electrons. The van der Waals surface area contributed by atoms with Crippen LogP contribution >= 0.6 is 11.6 Å². The van der Waals surface area contributed by atoms with Gasteiger partial charge in [-0.15, -0.1) is 0 Å². The summed E-state index contributed by atoms with van der Waals surface area (Å²) < 4.78 is 6.70.